The molecule has 1 N–H and O–H groups in total. The van der Waals surface area contributed by atoms with Crippen LogP contribution in [0.15, 0.2) is 42.5 Å². The highest BCUT2D eigenvalue weighted by atomic mass is 35.5. The molecule has 2 aromatic carbocycles. The fourth-order valence-electron chi connectivity index (χ4n) is 3.41. The standard InChI is InChI=1S/C20H23ClN2O3S/c1-14-10-11-16(12-18(14)21)23(27(2,25)26)13-20(24)22-19-9-5-7-15-6-3-4-8-17(15)19/h3-4,6,8,10-12,19H,5,7,9,13H2,1-2H3,(H,22,24)/t19-/m1/s1. The van der Waals surface area contributed by atoms with Crippen molar-refractivity contribution in [2.75, 3.05) is 17.1 Å². The number of fused-ring (bicyclic) bond motifs is 1. The third kappa shape index (κ3) is 4.62. The number of carbonyl (C=O) groups excluding carboxylic acids is 1. The first-order chi connectivity index (χ1) is 12.8. The molecule has 0 heterocycles. The SMILES string of the molecule is Cc1ccc(N(CC(=O)N[C@@H]2CCCc3ccccc32)S(C)(=O)=O)cc1Cl. The van der Waals surface area contributed by atoms with Crippen molar-refractivity contribution in [3.63, 3.8) is 0 Å². The number of nitrogens with one attached hydrogen (secondary N) is 1. The molecule has 7 heteroatoms. The molecule has 1 amide bonds. The van der Waals surface area contributed by atoms with Gasteiger partial charge in [-0.2, -0.15) is 0 Å². The minimum Gasteiger partial charge on any atom is -0.348 e. The first-order valence-electron chi connectivity index (χ1n) is 8.87. The van der Waals surface area contributed by atoms with Crippen molar-refractivity contribution in [3.05, 3.63) is 64.2 Å². The first-order valence-corrected chi connectivity index (χ1v) is 11.1. The van der Waals surface area contributed by atoms with Crippen molar-refractivity contribution in [1.29, 1.82) is 0 Å². The second kappa shape index (κ2) is 7.90. The van der Waals surface area contributed by atoms with E-state index in [0.29, 0.717) is 10.7 Å². The minimum atomic E-state index is -3.63. The van der Waals surface area contributed by atoms with E-state index in [1.54, 1.807) is 18.2 Å². The minimum absolute atomic E-state index is 0.0922. The van der Waals surface area contributed by atoms with Gasteiger partial charge < -0.3 is 5.32 Å². The van der Waals surface area contributed by atoms with Crippen molar-refractivity contribution in [1.82, 2.24) is 5.32 Å². The normalized spacial score (nSPS) is 16.5. The van der Waals surface area contributed by atoms with Gasteiger partial charge in [0, 0.05) is 5.02 Å². The van der Waals surface area contributed by atoms with Gasteiger partial charge in [0.2, 0.25) is 15.9 Å². The number of hydrogen-bond acceptors (Lipinski definition) is 3. The summed E-state index contributed by atoms with van der Waals surface area (Å²) in [7, 11) is -3.63. The van der Waals surface area contributed by atoms with E-state index in [0.717, 1.165) is 41.0 Å². The van der Waals surface area contributed by atoms with Crippen LogP contribution in [0.4, 0.5) is 5.69 Å². The highest BCUT2D eigenvalue weighted by Gasteiger charge is 2.25. The fraction of sp³-hybridized carbons (Fsp3) is 0.350. The molecule has 3 rings (SSSR count). The summed E-state index contributed by atoms with van der Waals surface area (Å²) in [6, 6.07) is 12.9. The molecule has 0 aromatic heterocycles. The van der Waals surface area contributed by atoms with E-state index in [1.807, 2.05) is 25.1 Å². The van der Waals surface area contributed by atoms with Gasteiger partial charge in [0.25, 0.3) is 0 Å². The summed E-state index contributed by atoms with van der Waals surface area (Å²) < 4.78 is 25.6. The van der Waals surface area contributed by atoms with Crippen LogP contribution >= 0.6 is 11.6 Å². The number of anilines is 1. The van der Waals surface area contributed by atoms with Gasteiger partial charge in [-0.05, 0) is 55.0 Å². The van der Waals surface area contributed by atoms with Gasteiger partial charge in [0.1, 0.15) is 6.54 Å². The maximum absolute atomic E-state index is 12.7. The Morgan fingerprint density at radius 3 is 2.70 bits per heavy atom. The molecule has 0 saturated carbocycles. The second-order valence-corrected chi connectivity index (χ2v) is 9.23. The van der Waals surface area contributed by atoms with E-state index in [-0.39, 0.29) is 18.5 Å². The van der Waals surface area contributed by atoms with Crippen LogP contribution < -0.4 is 9.62 Å². The van der Waals surface area contributed by atoms with Crippen molar-refractivity contribution in [3.8, 4) is 0 Å². The Hall–Kier alpha value is -2.05. The Balaban J connectivity index is 1.79. The molecule has 0 bridgehead atoms. The number of carbonyl (C=O) groups is 1. The van der Waals surface area contributed by atoms with Crippen LogP contribution in [-0.4, -0.2) is 27.1 Å². The molecule has 0 aliphatic heterocycles. The van der Waals surface area contributed by atoms with Crippen LogP contribution in [0.5, 0.6) is 0 Å². The molecule has 1 aliphatic rings. The smallest absolute Gasteiger partial charge is 0.241 e. The summed E-state index contributed by atoms with van der Waals surface area (Å²) in [5.74, 6) is -0.334. The molecule has 0 spiro atoms. The van der Waals surface area contributed by atoms with Crippen LogP contribution in [0.3, 0.4) is 0 Å². The quantitative estimate of drug-likeness (QED) is 0.824. The number of halogens is 1. The predicted molar refractivity (Wildman–Crippen MR) is 109 cm³/mol. The summed E-state index contributed by atoms with van der Waals surface area (Å²) in [6.07, 6.45) is 3.92. The summed E-state index contributed by atoms with van der Waals surface area (Å²) in [5.41, 5.74) is 3.57. The lowest BCUT2D eigenvalue weighted by Crippen LogP contribution is -2.42. The van der Waals surface area contributed by atoms with Gasteiger partial charge in [-0.1, -0.05) is 41.9 Å². The van der Waals surface area contributed by atoms with Crippen LogP contribution in [0.1, 0.15) is 35.6 Å². The molecule has 0 unspecified atom stereocenters. The number of hydrogen-bond donors (Lipinski definition) is 1. The van der Waals surface area contributed by atoms with E-state index in [1.165, 1.54) is 5.56 Å². The zero-order valence-electron chi connectivity index (χ0n) is 15.4. The molecule has 1 atom stereocenters. The zero-order valence-corrected chi connectivity index (χ0v) is 17.0. The fourth-order valence-corrected chi connectivity index (χ4v) is 4.43. The Morgan fingerprint density at radius 2 is 2.00 bits per heavy atom. The van der Waals surface area contributed by atoms with Crippen LogP contribution in [0.25, 0.3) is 0 Å². The average molecular weight is 407 g/mol. The van der Waals surface area contributed by atoms with Crippen LogP contribution in [0.2, 0.25) is 5.02 Å². The maximum atomic E-state index is 12.7. The van der Waals surface area contributed by atoms with Gasteiger partial charge >= 0.3 is 0 Å². The Kier molecular flexibility index (Phi) is 5.77. The molecule has 27 heavy (non-hydrogen) atoms. The summed E-state index contributed by atoms with van der Waals surface area (Å²) >= 11 is 6.13. The Morgan fingerprint density at radius 1 is 1.26 bits per heavy atom. The van der Waals surface area contributed by atoms with E-state index in [4.69, 9.17) is 11.6 Å². The number of benzene rings is 2. The van der Waals surface area contributed by atoms with Gasteiger partial charge in [-0.15, -0.1) is 0 Å². The van der Waals surface area contributed by atoms with Crippen LogP contribution in [-0.2, 0) is 21.2 Å². The topological polar surface area (TPSA) is 66.5 Å². The third-order valence-corrected chi connectivity index (χ3v) is 6.38. The molecule has 5 nitrogen and oxygen atoms in total. The molecule has 1 aliphatic carbocycles. The van der Waals surface area contributed by atoms with Gasteiger partial charge in [0.05, 0.1) is 18.0 Å². The van der Waals surface area contributed by atoms with E-state index < -0.39 is 10.0 Å². The zero-order chi connectivity index (χ0) is 19.6. The average Bonchev–Trinajstić information content (AvgIpc) is 2.61. The monoisotopic (exact) mass is 406 g/mol. The first kappa shape index (κ1) is 19.7. The van der Waals surface area contributed by atoms with Gasteiger partial charge in [0.15, 0.2) is 0 Å². The van der Waals surface area contributed by atoms with Crippen LogP contribution in [0, 0.1) is 6.92 Å². The largest absolute Gasteiger partial charge is 0.348 e. The summed E-state index contributed by atoms with van der Waals surface area (Å²) in [6.45, 7) is 1.56. The number of aryl methyl sites for hydroxylation is 2. The van der Waals surface area contributed by atoms with Crippen molar-refractivity contribution < 1.29 is 13.2 Å². The van der Waals surface area contributed by atoms with Gasteiger partial charge in [-0.25, -0.2) is 8.42 Å². The molecule has 144 valence electrons. The summed E-state index contributed by atoms with van der Waals surface area (Å²) in [4.78, 5) is 12.7. The third-order valence-electron chi connectivity index (χ3n) is 4.84. The highest BCUT2D eigenvalue weighted by Crippen LogP contribution is 2.30. The molecular weight excluding hydrogens is 384 g/mol. The maximum Gasteiger partial charge on any atom is 0.241 e. The predicted octanol–water partition coefficient (Wildman–Crippen LogP) is 3.61. The van der Waals surface area contributed by atoms with E-state index in [2.05, 4.69) is 11.4 Å². The molecular formula is C20H23ClN2O3S. The highest BCUT2D eigenvalue weighted by molar-refractivity contribution is 7.92. The van der Waals surface area contributed by atoms with E-state index in [9.17, 15) is 13.2 Å². The Bertz CT molecular complexity index is 959. The van der Waals surface area contributed by atoms with E-state index >= 15 is 0 Å². The lowest BCUT2D eigenvalue weighted by atomic mass is 9.88. The Labute approximate surface area is 165 Å². The van der Waals surface area contributed by atoms with Crippen molar-refractivity contribution in [2.24, 2.45) is 0 Å². The number of amides is 1. The van der Waals surface area contributed by atoms with Crippen molar-refractivity contribution in [2.45, 2.75) is 32.2 Å². The van der Waals surface area contributed by atoms with Gasteiger partial charge in [-0.3, -0.25) is 9.10 Å². The molecule has 2 aromatic rings. The van der Waals surface area contributed by atoms with Crippen molar-refractivity contribution >= 4 is 33.2 Å². The lowest BCUT2D eigenvalue weighted by Gasteiger charge is -2.28. The number of rotatable bonds is 5. The molecule has 0 fully saturated rings. The number of sulfonamides is 1. The summed E-state index contributed by atoms with van der Waals surface area (Å²) in [5, 5.41) is 3.46. The molecule has 0 saturated heterocycles. The number of nitrogens with zero attached hydrogens (tertiary/aromatic N) is 1. The second-order valence-electron chi connectivity index (χ2n) is 6.91. The lowest BCUT2D eigenvalue weighted by molar-refractivity contribution is -0.120. The molecule has 0 radical (unpaired) electrons.